The van der Waals surface area contributed by atoms with Crippen LogP contribution < -0.4 is 5.32 Å². The summed E-state index contributed by atoms with van der Waals surface area (Å²) >= 11 is 0. The molecule has 0 spiro atoms. The van der Waals surface area contributed by atoms with Gasteiger partial charge in [-0.1, -0.05) is 60.7 Å². The third kappa shape index (κ3) is 7.28. The summed E-state index contributed by atoms with van der Waals surface area (Å²) in [7, 11) is 0. The Morgan fingerprint density at radius 2 is 1.55 bits per heavy atom. The molecular weight excluding hydrogens is 418 g/mol. The number of amides is 1. The summed E-state index contributed by atoms with van der Waals surface area (Å²) in [6.07, 6.45) is 0.822. The van der Waals surface area contributed by atoms with E-state index in [0.29, 0.717) is 11.4 Å². The first kappa shape index (κ1) is 23.7. The number of benzene rings is 2. The van der Waals surface area contributed by atoms with Crippen LogP contribution in [0.15, 0.2) is 84.0 Å². The van der Waals surface area contributed by atoms with Crippen molar-refractivity contribution in [1.29, 1.82) is 0 Å². The van der Waals surface area contributed by atoms with Gasteiger partial charge in [0.1, 0.15) is 11.6 Å². The maximum atomic E-state index is 12.0. The summed E-state index contributed by atoms with van der Waals surface area (Å²) in [6.45, 7) is 5.13. The molecule has 1 aromatic heterocycles. The van der Waals surface area contributed by atoms with Crippen molar-refractivity contribution in [2.75, 3.05) is 0 Å². The lowest BCUT2D eigenvalue weighted by atomic mass is 10.0. The number of nitrogens with one attached hydrogen (secondary N) is 1. The minimum Gasteiger partial charge on any atom is -0.480 e. The number of nitrogens with zero attached hydrogens (tertiary/aromatic N) is 2. The molecule has 0 aliphatic rings. The molecule has 0 aliphatic heterocycles. The fourth-order valence-corrected chi connectivity index (χ4v) is 3.08. The summed E-state index contributed by atoms with van der Waals surface area (Å²) in [5, 5.41) is 11.9. The quantitative estimate of drug-likeness (QED) is 0.510. The van der Waals surface area contributed by atoms with E-state index in [1.807, 2.05) is 60.7 Å². The molecule has 170 valence electrons. The number of hydrogen-bond donors (Lipinski definition) is 2. The Morgan fingerprint density at radius 3 is 2.00 bits per heavy atom. The first-order valence-corrected chi connectivity index (χ1v) is 10.6. The van der Waals surface area contributed by atoms with Crippen molar-refractivity contribution < 1.29 is 19.4 Å². The molecule has 1 amide bonds. The molecule has 0 saturated carbocycles. The highest BCUT2D eigenvalue weighted by molar-refractivity contribution is 6.13. The van der Waals surface area contributed by atoms with Gasteiger partial charge in [-0.15, -0.1) is 0 Å². The van der Waals surface area contributed by atoms with Gasteiger partial charge in [-0.3, -0.25) is 4.98 Å². The van der Waals surface area contributed by atoms with Gasteiger partial charge in [-0.05, 0) is 32.9 Å². The maximum absolute atomic E-state index is 12.0. The molecule has 1 heterocycles. The summed E-state index contributed by atoms with van der Waals surface area (Å²) in [4.78, 5) is 32.7. The van der Waals surface area contributed by atoms with Crippen LogP contribution >= 0.6 is 0 Å². The molecule has 0 bridgehead atoms. The van der Waals surface area contributed by atoms with Gasteiger partial charge in [0, 0.05) is 23.2 Å². The number of rotatable bonds is 7. The summed E-state index contributed by atoms with van der Waals surface area (Å²) in [5.74, 6) is -1.17. The fraction of sp³-hybridized carbons (Fsp3) is 0.231. The number of pyridine rings is 1. The molecule has 0 fully saturated rings. The van der Waals surface area contributed by atoms with E-state index < -0.39 is 23.7 Å². The molecule has 33 heavy (non-hydrogen) atoms. The van der Waals surface area contributed by atoms with E-state index in [1.54, 1.807) is 39.1 Å². The van der Waals surface area contributed by atoms with E-state index in [2.05, 4.69) is 10.3 Å². The van der Waals surface area contributed by atoms with Gasteiger partial charge in [0.25, 0.3) is 0 Å². The van der Waals surface area contributed by atoms with Crippen molar-refractivity contribution in [1.82, 2.24) is 10.3 Å². The third-order valence-electron chi connectivity index (χ3n) is 4.55. The number of carboxylic acids is 1. The average molecular weight is 446 g/mol. The van der Waals surface area contributed by atoms with Crippen LogP contribution in [0.25, 0.3) is 0 Å². The monoisotopic (exact) mass is 445 g/mol. The van der Waals surface area contributed by atoms with Gasteiger partial charge < -0.3 is 15.2 Å². The molecular formula is C26H27N3O4. The van der Waals surface area contributed by atoms with Crippen LogP contribution in [0.1, 0.15) is 37.6 Å². The van der Waals surface area contributed by atoms with E-state index in [4.69, 9.17) is 9.73 Å². The van der Waals surface area contributed by atoms with Gasteiger partial charge >= 0.3 is 12.1 Å². The number of alkyl carbamates (subject to hydrolysis) is 1. The lowest BCUT2D eigenvalue weighted by Crippen LogP contribution is -2.44. The molecule has 1 atom stereocenters. The molecule has 3 aromatic rings. The van der Waals surface area contributed by atoms with Crippen LogP contribution in [0.4, 0.5) is 10.5 Å². The highest BCUT2D eigenvalue weighted by atomic mass is 16.6. The smallest absolute Gasteiger partial charge is 0.408 e. The Bertz CT molecular complexity index is 1060. The first-order valence-electron chi connectivity index (χ1n) is 10.6. The SMILES string of the molecule is CC(C)(C)OC(=O)NC(Cc1ccc(N=C(c2ccccc2)c2ccccc2)cn1)C(=O)O. The summed E-state index contributed by atoms with van der Waals surface area (Å²) in [5.41, 5.74) is 3.17. The molecule has 2 aromatic carbocycles. The van der Waals surface area contributed by atoms with Crippen LogP contribution in [0.2, 0.25) is 0 Å². The van der Waals surface area contributed by atoms with E-state index in [-0.39, 0.29) is 6.42 Å². The lowest BCUT2D eigenvalue weighted by molar-refractivity contribution is -0.139. The van der Waals surface area contributed by atoms with Crippen LogP contribution in [0, 0.1) is 0 Å². The number of aliphatic carboxylic acids is 1. The van der Waals surface area contributed by atoms with Crippen LogP contribution in [0.3, 0.4) is 0 Å². The number of aliphatic imine (C=N–C) groups is 1. The summed E-state index contributed by atoms with van der Waals surface area (Å²) in [6, 6.07) is 22.0. The molecule has 0 aliphatic carbocycles. The zero-order valence-electron chi connectivity index (χ0n) is 18.9. The Morgan fingerprint density at radius 1 is 0.970 bits per heavy atom. The van der Waals surface area contributed by atoms with E-state index in [1.165, 1.54) is 0 Å². The van der Waals surface area contributed by atoms with Crippen molar-refractivity contribution in [2.24, 2.45) is 4.99 Å². The lowest BCUT2D eigenvalue weighted by Gasteiger charge is -2.21. The number of carbonyl (C=O) groups excluding carboxylic acids is 1. The average Bonchev–Trinajstić information content (AvgIpc) is 2.78. The number of hydrogen-bond acceptors (Lipinski definition) is 5. The summed E-state index contributed by atoms with van der Waals surface area (Å²) < 4.78 is 5.15. The number of ether oxygens (including phenoxy) is 1. The Balaban J connectivity index is 1.79. The van der Waals surface area contributed by atoms with Gasteiger partial charge in [-0.25, -0.2) is 14.6 Å². The molecule has 0 radical (unpaired) electrons. The van der Waals surface area contributed by atoms with Gasteiger partial charge in [0.15, 0.2) is 0 Å². The van der Waals surface area contributed by atoms with Crippen LogP contribution in [-0.2, 0) is 16.0 Å². The second-order valence-electron chi connectivity index (χ2n) is 8.44. The highest BCUT2D eigenvalue weighted by Gasteiger charge is 2.24. The number of carbonyl (C=O) groups is 2. The topological polar surface area (TPSA) is 101 Å². The van der Waals surface area contributed by atoms with Crippen molar-refractivity contribution in [3.05, 3.63) is 95.8 Å². The van der Waals surface area contributed by atoms with Gasteiger partial charge in [-0.2, -0.15) is 0 Å². The fourth-order valence-electron chi connectivity index (χ4n) is 3.08. The van der Waals surface area contributed by atoms with E-state index in [0.717, 1.165) is 16.8 Å². The molecule has 0 saturated heterocycles. The Kier molecular flexibility index (Phi) is 7.56. The van der Waals surface area contributed by atoms with Gasteiger partial charge in [0.05, 0.1) is 17.6 Å². The normalized spacial score (nSPS) is 11.8. The van der Waals surface area contributed by atoms with Crippen molar-refractivity contribution in [3.8, 4) is 0 Å². The molecule has 2 N–H and O–H groups in total. The van der Waals surface area contributed by atoms with Crippen molar-refractivity contribution in [2.45, 2.75) is 38.8 Å². The zero-order chi connectivity index (χ0) is 23.8. The predicted molar refractivity (Wildman–Crippen MR) is 127 cm³/mol. The second kappa shape index (κ2) is 10.5. The van der Waals surface area contributed by atoms with Crippen LogP contribution in [0.5, 0.6) is 0 Å². The highest BCUT2D eigenvalue weighted by Crippen LogP contribution is 2.18. The van der Waals surface area contributed by atoms with Crippen LogP contribution in [-0.4, -0.2) is 39.5 Å². The predicted octanol–water partition coefficient (Wildman–Crippen LogP) is 4.77. The molecule has 3 rings (SSSR count). The zero-order valence-corrected chi connectivity index (χ0v) is 18.9. The number of aromatic nitrogens is 1. The van der Waals surface area contributed by atoms with Gasteiger partial charge in [0.2, 0.25) is 0 Å². The minimum absolute atomic E-state index is 0.0167. The van der Waals surface area contributed by atoms with E-state index >= 15 is 0 Å². The second-order valence-corrected chi connectivity index (χ2v) is 8.44. The van der Waals surface area contributed by atoms with Crippen molar-refractivity contribution >= 4 is 23.5 Å². The maximum Gasteiger partial charge on any atom is 0.408 e. The molecule has 1 unspecified atom stereocenters. The van der Waals surface area contributed by atoms with E-state index in [9.17, 15) is 14.7 Å². The largest absolute Gasteiger partial charge is 0.480 e. The standard InChI is InChI=1S/C26H27N3O4/c1-26(2,3)33-25(32)29-22(24(30)31)16-20-14-15-21(17-27-20)28-23(18-10-6-4-7-11-18)19-12-8-5-9-13-19/h4-15,17,22H,16H2,1-3H3,(H,29,32)(H,30,31). The number of carboxylic acid groups (broad SMARTS) is 1. The Hall–Kier alpha value is -4.00. The minimum atomic E-state index is -1.17. The first-order chi connectivity index (χ1) is 15.7. The third-order valence-corrected chi connectivity index (χ3v) is 4.55. The molecule has 7 nitrogen and oxygen atoms in total. The van der Waals surface area contributed by atoms with Crippen molar-refractivity contribution in [3.63, 3.8) is 0 Å². The Labute approximate surface area is 193 Å². The molecule has 7 heteroatoms.